The zero-order valence-corrected chi connectivity index (χ0v) is 20.8. The Morgan fingerprint density at radius 1 is 1.05 bits per heavy atom. The fourth-order valence-corrected chi connectivity index (χ4v) is 4.82. The zero-order chi connectivity index (χ0) is 26.2. The molecule has 0 aliphatic heterocycles. The summed E-state index contributed by atoms with van der Waals surface area (Å²) >= 11 is 7.24. The molecule has 2 aromatic heterocycles. The number of rotatable bonds is 6. The number of nitrogens with one attached hydrogen (secondary N) is 2. The van der Waals surface area contributed by atoms with Gasteiger partial charge in [0.25, 0.3) is 0 Å². The van der Waals surface area contributed by atoms with Crippen molar-refractivity contribution in [2.75, 3.05) is 5.32 Å². The van der Waals surface area contributed by atoms with Crippen molar-refractivity contribution in [3.8, 4) is 17.1 Å². The van der Waals surface area contributed by atoms with Crippen molar-refractivity contribution < 1.29 is 18.0 Å². The molecule has 0 aliphatic rings. The number of para-hydroxylation sites is 1. The van der Waals surface area contributed by atoms with Gasteiger partial charge >= 0.3 is 6.18 Å². The highest BCUT2D eigenvalue weighted by Gasteiger charge is 2.31. The maximum Gasteiger partial charge on any atom is 0.416 e. The Morgan fingerprint density at radius 3 is 2.57 bits per heavy atom. The Labute approximate surface area is 218 Å². The van der Waals surface area contributed by atoms with E-state index in [2.05, 4.69) is 20.5 Å². The topological polar surface area (TPSA) is 75.6 Å². The first kappa shape index (κ1) is 24.9. The van der Waals surface area contributed by atoms with Crippen LogP contribution in [0.1, 0.15) is 12.5 Å². The van der Waals surface area contributed by atoms with E-state index in [0.29, 0.717) is 16.0 Å². The Morgan fingerprint density at radius 2 is 1.81 bits per heavy atom. The molecule has 6 nitrogen and oxygen atoms in total. The Balaban J connectivity index is 1.47. The van der Waals surface area contributed by atoms with E-state index in [1.54, 1.807) is 19.1 Å². The highest BCUT2D eigenvalue weighted by Crippen LogP contribution is 2.35. The van der Waals surface area contributed by atoms with Crippen molar-refractivity contribution in [3.05, 3.63) is 89.6 Å². The van der Waals surface area contributed by atoms with Crippen LogP contribution in [0.5, 0.6) is 0 Å². The molecule has 5 aromatic rings. The normalized spacial score (nSPS) is 12.6. The Bertz CT molecular complexity index is 1580. The number of aromatic nitrogens is 4. The molecule has 1 atom stereocenters. The van der Waals surface area contributed by atoms with Gasteiger partial charge in [-0.3, -0.25) is 9.36 Å². The number of hydrogen-bond donors (Lipinski definition) is 2. The summed E-state index contributed by atoms with van der Waals surface area (Å²) in [4.78, 5) is 16.1. The van der Waals surface area contributed by atoms with Crippen LogP contribution in [0.2, 0.25) is 5.02 Å². The molecule has 2 heterocycles. The number of alkyl halides is 3. The number of thioether (sulfide) groups is 1. The fourth-order valence-electron chi connectivity index (χ4n) is 3.83. The number of H-pyrrole nitrogens is 1. The number of hydrogen-bond acceptors (Lipinski definition) is 4. The molecule has 0 aliphatic carbocycles. The van der Waals surface area contributed by atoms with E-state index in [9.17, 15) is 18.0 Å². The molecule has 0 bridgehead atoms. The number of halogens is 4. The monoisotopic (exact) mass is 541 g/mol. The van der Waals surface area contributed by atoms with Crippen molar-refractivity contribution in [3.63, 3.8) is 0 Å². The molecule has 0 saturated carbocycles. The molecule has 0 spiro atoms. The molecule has 1 amide bonds. The number of anilines is 1. The number of benzene rings is 3. The quantitative estimate of drug-likeness (QED) is 0.223. The summed E-state index contributed by atoms with van der Waals surface area (Å²) in [7, 11) is 0. The largest absolute Gasteiger partial charge is 0.416 e. The number of fused-ring (bicyclic) bond motifs is 1. The molecule has 37 heavy (non-hydrogen) atoms. The van der Waals surface area contributed by atoms with Gasteiger partial charge in [-0.25, -0.2) is 0 Å². The van der Waals surface area contributed by atoms with E-state index in [1.807, 2.05) is 47.2 Å². The summed E-state index contributed by atoms with van der Waals surface area (Å²) in [5.41, 5.74) is 1.72. The van der Waals surface area contributed by atoms with E-state index >= 15 is 0 Å². The van der Waals surface area contributed by atoms with Gasteiger partial charge in [0.1, 0.15) is 0 Å². The maximum absolute atomic E-state index is 13.1. The standard InChI is InChI=1S/C26H19ClF3N5OS/c1-15(24(36)32-18-6-4-5-16(13-18)26(28,29)30)37-25-34-33-23(35(25)19-11-9-17(27)10-12-19)21-14-31-22-8-3-2-7-20(21)22/h2-15,31H,1H3,(H,32,36)/t15-/m0/s1. The van der Waals surface area contributed by atoms with Crippen LogP contribution in [0.25, 0.3) is 28.0 Å². The maximum atomic E-state index is 13.1. The van der Waals surface area contributed by atoms with Gasteiger partial charge in [-0.1, -0.05) is 47.6 Å². The first-order chi connectivity index (χ1) is 17.7. The van der Waals surface area contributed by atoms with E-state index in [4.69, 9.17) is 11.6 Å². The summed E-state index contributed by atoms with van der Waals surface area (Å²) in [5.74, 6) is 0.0939. The molecular formula is C26H19ClF3N5OS. The number of carbonyl (C=O) groups is 1. The first-order valence-corrected chi connectivity index (χ1v) is 12.4. The van der Waals surface area contributed by atoms with Crippen molar-refractivity contribution in [2.24, 2.45) is 0 Å². The third-order valence-electron chi connectivity index (χ3n) is 5.66. The van der Waals surface area contributed by atoms with Crippen LogP contribution >= 0.6 is 23.4 Å². The van der Waals surface area contributed by atoms with Crippen LogP contribution in [0.4, 0.5) is 18.9 Å². The van der Waals surface area contributed by atoms with Gasteiger partial charge in [-0.15, -0.1) is 10.2 Å². The third kappa shape index (κ3) is 5.21. The second-order valence-corrected chi connectivity index (χ2v) is 9.94. The third-order valence-corrected chi connectivity index (χ3v) is 6.95. The van der Waals surface area contributed by atoms with E-state index in [1.165, 1.54) is 12.1 Å². The van der Waals surface area contributed by atoms with Gasteiger partial charge in [0.15, 0.2) is 11.0 Å². The van der Waals surface area contributed by atoms with Crippen molar-refractivity contribution in [1.82, 2.24) is 19.7 Å². The van der Waals surface area contributed by atoms with Gasteiger partial charge in [0.05, 0.1) is 10.8 Å². The minimum atomic E-state index is -4.51. The second kappa shape index (κ2) is 9.95. The summed E-state index contributed by atoms with van der Waals surface area (Å²) in [6.45, 7) is 1.65. The molecule has 0 saturated heterocycles. The van der Waals surface area contributed by atoms with Gasteiger partial charge in [-0.2, -0.15) is 13.2 Å². The first-order valence-electron chi connectivity index (χ1n) is 11.1. The van der Waals surface area contributed by atoms with Crippen molar-refractivity contribution >= 4 is 45.9 Å². The molecule has 5 rings (SSSR count). The smallest absolute Gasteiger partial charge is 0.360 e. The minimum Gasteiger partial charge on any atom is -0.360 e. The Kier molecular flexibility index (Phi) is 6.70. The lowest BCUT2D eigenvalue weighted by atomic mass is 10.1. The summed E-state index contributed by atoms with van der Waals surface area (Å²) in [6, 6.07) is 19.4. The molecule has 188 valence electrons. The molecule has 0 unspecified atom stereocenters. The van der Waals surface area contributed by atoms with Crippen LogP contribution in [-0.4, -0.2) is 30.9 Å². The number of carbonyl (C=O) groups excluding carboxylic acids is 1. The average Bonchev–Trinajstić information content (AvgIpc) is 3.48. The predicted molar refractivity (Wildman–Crippen MR) is 139 cm³/mol. The molecule has 0 fully saturated rings. The van der Waals surface area contributed by atoms with Gasteiger partial charge in [0, 0.05) is 39.1 Å². The molecule has 2 N–H and O–H groups in total. The Hall–Kier alpha value is -3.76. The highest BCUT2D eigenvalue weighted by atomic mass is 35.5. The van der Waals surface area contributed by atoms with Crippen LogP contribution in [-0.2, 0) is 11.0 Å². The second-order valence-electron chi connectivity index (χ2n) is 8.19. The summed E-state index contributed by atoms with van der Waals surface area (Å²) < 4.78 is 41.0. The van der Waals surface area contributed by atoms with Gasteiger partial charge in [0.2, 0.25) is 5.91 Å². The van der Waals surface area contributed by atoms with E-state index in [-0.39, 0.29) is 5.69 Å². The summed E-state index contributed by atoms with van der Waals surface area (Å²) in [6.07, 6.45) is -2.66. The minimum absolute atomic E-state index is 0.0610. The van der Waals surface area contributed by atoms with Crippen LogP contribution in [0, 0.1) is 0 Å². The number of nitrogens with zero attached hydrogens (tertiary/aromatic N) is 3. The summed E-state index contributed by atoms with van der Waals surface area (Å²) in [5, 5.41) is 12.6. The SMILES string of the molecule is C[C@H](Sc1nnc(-c2c[nH]c3ccccc23)n1-c1ccc(Cl)cc1)C(=O)Nc1cccc(C(F)(F)F)c1. The van der Waals surface area contributed by atoms with Crippen LogP contribution in [0.15, 0.2) is 84.1 Å². The van der Waals surface area contributed by atoms with Crippen LogP contribution in [0.3, 0.4) is 0 Å². The lowest BCUT2D eigenvalue weighted by Crippen LogP contribution is -2.23. The van der Waals surface area contributed by atoms with Crippen molar-refractivity contribution in [2.45, 2.75) is 23.5 Å². The van der Waals surface area contributed by atoms with Crippen LogP contribution < -0.4 is 5.32 Å². The molecule has 0 radical (unpaired) electrons. The molecule has 3 aromatic carbocycles. The van der Waals surface area contributed by atoms with Gasteiger partial charge in [-0.05, 0) is 55.5 Å². The lowest BCUT2D eigenvalue weighted by Gasteiger charge is -2.15. The fraction of sp³-hybridized carbons (Fsp3) is 0.115. The van der Waals surface area contributed by atoms with Crippen molar-refractivity contribution in [1.29, 1.82) is 0 Å². The predicted octanol–water partition coefficient (Wildman–Crippen LogP) is 7.21. The number of aromatic amines is 1. The molecular weight excluding hydrogens is 523 g/mol. The number of amides is 1. The lowest BCUT2D eigenvalue weighted by molar-refractivity contribution is -0.137. The molecule has 11 heteroatoms. The zero-order valence-electron chi connectivity index (χ0n) is 19.3. The average molecular weight is 542 g/mol. The van der Waals surface area contributed by atoms with E-state index < -0.39 is 22.9 Å². The highest BCUT2D eigenvalue weighted by molar-refractivity contribution is 8.00. The van der Waals surface area contributed by atoms with E-state index in [0.717, 1.165) is 46.0 Å². The van der Waals surface area contributed by atoms with Gasteiger partial charge < -0.3 is 10.3 Å².